The van der Waals surface area contributed by atoms with Crippen LogP contribution in [-0.4, -0.2) is 53.9 Å². The van der Waals surface area contributed by atoms with Gasteiger partial charge in [-0.3, -0.25) is 9.78 Å². The van der Waals surface area contributed by atoms with Crippen LogP contribution in [0.5, 0.6) is 0 Å². The molecule has 0 spiro atoms. The molecule has 2 aliphatic rings. The molecule has 1 amide bonds. The van der Waals surface area contributed by atoms with Crippen LogP contribution in [0, 0.1) is 11.8 Å². The predicted molar refractivity (Wildman–Crippen MR) is 113 cm³/mol. The van der Waals surface area contributed by atoms with Crippen molar-refractivity contribution < 1.29 is 4.79 Å². The number of pyridine rings is 1. The molecule has 1 aromatic heterocycles. The lowest BCUT2D eigenvalue weighted by molar-refractivity contribution is -0.134. The number of fused-ring (bicyclic) bond motifs is 1. The summed E-state index contributed by atoms with van der Waals surface area (Å²) >= 11 is 0. The van der Waals surface area contributed by atoms with Crippen molar-refractivity contribution in [1.82, 2.24) is 14.8 Å². The number of hydrogen-bond acceptors (Lipinski definition) is 4. The number of carbonyl (C=O) groups excluding carboxylic acids is 1. The van der Waals surface area contributed by atoms with Crippen LogP contribution in [-0.2, 0) is 11.3 Å². The SMILES string of the molecule is C[C@@H]1C[C@H](c2ccc(CN)c3ncccc23)CN(C(=O)CC2CCN(C)C2)C1. The molecule has 2 aliphatic heterocycles. The van der Waals surface area contributed by atoms with Gasteiger partial charge in [0.25, 0.3) is 0 Å². The van der Waals surface area contributed by atoms with E-state index in [-0.39, 0.29) is 0 Å². The zero-order valence-electron chi connectivity index (χ0n) is 17.1. The zero-order chi connectivity index (χ0) is 19.7. The van der Waals surface area contributed by atoms with Crippen LogP contribution in [0.15, 0.2) is 30.5 Å². The highest BCUT2D eigenvalue weighted by Crippen LogP contribution is 2.35. The first-order valence-electron chi connectivity index (χ1n) is 10.6. The van der Waals surface area contributed by atoms with Crippen LogP contribution in [0.2, 0.25) is 0 Å². The van der Waals surface area contributed by atoms with Crippen LogP contribution in [0.4, 0.5) is 0 Å². The monoisotopic (exact) mass is 380 g/mol. The summed E-state index contributed by atoms with van der Waals surface area (Å²) in [6.07, 6.45) is 4.79. The lowest BCUT2D eigenvalue weighted by Gasteiger charge is -2.37. The highest BCUT2D eigenvalue weighted by molar-refractivity contribution is 5.86. The summed E-state index contributed by atoms with van der Waals surface area (Å²) in [5.74, 6) is 1.72. The number of nitrogens with two attached hydrogens (primary N) is 1. The average molecular weight is 381 g/mol. The van der Waals surface area contributed by atoms with Gasteiger partial charge in [-0.2, -0.15) is 0 Å². The summed E-state index contributed by atoms with van der Waals surface area (Å²) in [6.45, 7) is 6.63. The summed E-state index contributed by atoms with van der Waals surface area (Å²) in [4.78, 5) is 22.1. The maximum absolute atomic E-state index is 13.0. The Morgan fingerprint density at radius 3 is 2.86 bits per heavy atom. The first-order valence-corrected chi connectivity index (χ1v) is 10.6. The third-order valence-corrected chi connectivity index (χ3v) is 6.51. The number of rotatable bonds is 4. The fraction of sp³-hybridized carbons (Fsp3) is 0.565. The van der Waals surface area contributed by atoms with Gasteiger partial charge in [-0.1, -0.05) is 25.1 Å². The molecule has 3 atom stereocenters. The standard InChI is InChI=1S/C23H32N4O/c1-16-10-19(15-27(13-16)22(28)11-17-7-9-26(2)14-17)20-6-5-18(12-24)23-21(20)4-3-8-25-23/h3-6,8,16-17,19H,7,9-15,24H2,1-2H3/t16-,17?,19+/m1/s1. The molecule has 2 N–H and O–H groups in total. The Balaban J connectivity index is 1.55. The molecule has 5 nitrogen and oxygen atoms in total. The fourth-order valence-corrected chi connectivity index (χ4v) is 5.12. The smallest absolute Gasteiger partial charge is 0.222 e. The van der Waals surface area contributed by atoms with Gasteiger partial charge in [-0.15, -0.1) is 0 Å². The fourth-order valence-electron chi connectivity index (χ4n) is 5.12. The largest absolute Gasteiger partial charge is 0.342 e. The second-order valence-electron chi connectivity index (χ2n) is 8.88. The third-order valence-electron chi connectivity index (χ3n) is 6.51. The van der Waals surface area contributed by atoms with Gasteiger partial charge in [0.05, 0.1) is 5.52 Å². The van der Waals surface area contributed by atoms with Crippen LogP contribution in [0.3, 0.4) is 0 Å². The van der Waals surface area contributed by atoms with Crippen molar-refractivity contribution in [2.24, 2.45) is 17.6 Å². The first kappa shape index (κ1) is 19.3. The van der Waals surface area contributed by atoms with Crippen LogP contribution < -0.4 is 5.73 Å². The molecule has 1 aromatic carbocycles. The summed E-state index contributed by atoms with van der Waals surface area (Å²) in [6, 6.07) is 8.47. The number of nitrogens with zero attached hydrogens (tertiary/aromatic N) is 3. The van der Waals surface area contributed by atoms with Gasteiger partial charge in [0.15, 0.2) is 0 Å². The van der Waals surface area contributed by atoms with Gasteiger partial charge in [-0.25, -0.2) is 0 Å². The summed E-state index contributed by atoms with van der Waals surface area (Å²) in [5, 5.41) is 1.19. The van der Waals surface area contributed by atoms with Crippen molar-refractivity contribution in [3.63, 3.8) is 0 Å². The number of aromatic nitrogens is 1. The van der Waals surface area contributed by atoms with Crippen LogP contribution in [0.1, 0.15) is 43.2 Å². The Morgan fingerprint density at radius 2 is 2.11 bits per heavy atom. The molecule has 0 aliphatic carbocycles. The molecule has 4 rings (SSSR count). The minimum absolute atomic E-state index is 0.331. The Bertz CT molecular complexity index is 852. The Labute approximate surface area is 167 Å². The first-order chi connectivity index (χ1) is 13.5. The second-order valence-corrected chi connectivity index (χ2v) is 8.88. The van der Waals surface area contributed by atoms with Crippen molar-refractivity contribution in [2.75, 3.05) is 33.2 Å². The number of amides is 1. The van der Waals surface area contributed by atoms with E-state index >= 15 is 0 Å². The minimum Gasteiger partial charge on any atom is -0.342 e. The molecule has 0 radical (unpaired) electrons. The van der Waals surface area contributed by atoms with E-state index in [1.165, 1.54) is 10.9 Å². The van der Waals surface area contributed by atoms with Gasteiger partial charge >= 0.3 is 0 Å². The Hall–Kier alpha value is -1.98. The minimum atomic E-state index is 0.331. The van der Waals surface area contributed by atoms with E-state index in [4.69, 9.17) is 5.73 Å². The van der Waals surface area contributed by atoms with E-state index < -0.39 is 0 Å². The normalized spacial score (nSPS) is 26.1. The van der Waals surface area contributed by atoms with Crippen molar-refractivity contribution in [1.29, 1.82) is 0 Å². The van der Waals surface area contributed by atoms with E-state index in [0.29, 0.717) is 36.6 Å². The average Bonchev–Trinajstić information content (AvgIpc) is 3.11. The van der Waals surface area contributed by atoms with Crippen molar-refractivity contribution in [3.8, 4) is 0 Å². The van der Waals surface area contributed by atoms with E-state index in [1.54, 1.807) is 0 Å². The topological polar surface area (TPSA) is 62.5 Å². The molecule has 0 bridgehead atoms. The molecule has 28 heavy (non-hydrogen) atoms. The highest BCUT2D eigenvalue weighted by atomic mass is 16.2. The summed E-state index contributed by atoms with van der Waals surface area (Å²) < 4.78 is 0. The third kappa shape index (κ3) is 3.91. The van der Waals surface area contributed by atoms with Gasteiger partial charge in [0, 0.05) is 50.1 Å². The summed E-state index contributed by atoms with van der Waals surface area (Å²) in [5.41, 5.74) is 9.32. The van der Waals surface area contributed by atoms with E-state index in [2.05, 4.69) is 47.0 Å². The Morgan fingerprint density at radius 1 is 1.25 bits per heavy atom. The molecular weight excluding hydrogens is 348 g/mol. The lowest BCUT2D eigenvalue weighted by atomic mass is 9.83. The number of benzene rings is 1. The Kier molecular flexibility index (Phi) is 5.65. The van der Waals surface area contributed by atoms with Crippen LogP contribution >= 0.6 is 0 Å². The maximum atomic E-state index is 13.0. The number of carbonyl (C=O) groups is 1. The molecule has 1 unspecified atom stereocenters. The van der Waals surface area contributed by atoms with Crippen molar-refractivity contribution in [2.45, 2.75) is 38.6 Å². The zero-order valence-corrected chi connectivity index (χ0v) is 17.1. The van der Waals surface area contributed by atoms with E-state index in [0.717, 1.165) is 50.1 Å². The lowest BCUT2D eigenvalue weighted by Crippen LogP contribution is -2.43. The van der Waals surface area contributed by atoms with E-state index in [1.807, 2.05) is 12.3 Å². The molecule has 3 heterocycles. The number of piperidine rings is 1. The van der Waals surface area contributed by atoms with Crippen molar-refractivity contribution in [3.05, 3.63) is 41.6 Å². The predicted octanol–water partition coefficient (Wildman–Crippen LogP) is 2.99. The highest BCUT2D eigenvalue weighted by Gasteiger charge is 2.31. The van der Waals surface area contributed by atoms with E-state index in [9.17, 15) is 4.79 Å². The molecule has 0 saturated carbocycles. The molecule has 2 aromatic rings. The summed E-state index contributed by atoms with van der Waals surface area (Å²) in [7, 11) is 2.15. The quantitative estimate of drug-likeness (QED) is 0.886. The van der Waals surface area contributed by atoms with Crippen molar-refractivity contribution >= 4 is 16.8 Å². The second kappa shape index (κ2) is 8.18. The molecule has 2 fully saturated rings. The van der Waals surface area contributed by atoms with Crippen LogP contribution in [0.25, 0.3) is 10.9 Å². The molecular formula is C23H32N4O. The molecule has 5 heteroatoms. The number of likely N-dealkylation sites (tertiary alicyclic amines) is 2. The molecule has 2 saturated heterocycles. The number of hydrogen-bond donors (Lipinski definition) is 1. The van der Waals surface area contributed by atoms with Gasteiger partial charge in [0.2, 0.25) is 5.91 Å². The molecule has 150 valence electrons. The van der Waals surface area contributed by atoms with Gasteiger partial charge in [-0.05, 0) is 55.5 Å². The van der Waals surface area contributed by atoms with Gasteiger partial charge in [0.1, 0.15) is 0 Å². The maximum Gasteiger partial charge on any atom is 0.222 e. The van der Waals surface area contributed by atoms with Gasteiger partial charge < -0.3 is 15.5 Å².